The van der Waals surface area contributed by atoms with Crippen LogP contribution in [0.5, 0.6) is 0 Å². The molecule has 0 fully saturated rings. The molecule has 0 bridgehead atoms. The lowest BCUT2D eigenvalue weighted by Crippen LogP contribution is -2.11. The monoisotopic (exact) mass is 646 g/mol. The molecule has 0 saturated carbocycles. The highest BCUT2D eigenvalue weighted by atomic mass is 15.0. The second kappa shape index (κ2) is 12.2. The first kappa shape index (κ1) is 30.2. The van der Waals surface area contributed by atoms with E-state index in [1.54, 1.807) is 0 Å². The van der Waals surface area contributed by atoms with Crippen molar-refractivity contribution in [3.8, 4) is 23.5 Å². The Morgan fingerprint density at radius 1 is 0.700 bits per heavy atom. The Hall–Kier alpha value is -5.84. The van der Waals surface area contributed by atoms with Crippen molar-refractivity contribution >= 4 is 34.7 Å². The van der Waals surface area contributed by atoms with Gasteiger partial charge in [0.15, 0.2) is 0 Å². The van der Waals surface area contributed by atoms with Gasteiger partial charge >= 0.3 is 0 Å². The average Bonchev–Trinajstić information content (AvgIpc) is 3.57. The van der Waals surface area contributed by atoms with E-state index in [1.165, 1.54) is 45.0 Å². The molecule has 4 aliphatic carbocycles. The van der Waals surface area contributed by atoms with Crippen LogP contribution in [0.25, 0.3) is 46.1 Å². The molecule has 4 nitrogen and oxygen atoms in total. The molecule has 5 aromatic rings. The summed E-state index contributed by atoms with van der Waals surface area (Å²) in [5.74, 6) is 0.724. The number of hydrogen-bond donors (Lipinski definition) is 0. The van der Waals surface area contributed by atoms with Crippen LogP contribution in [0.3, 0.4) is 0 Å². The van der Waals surface area contributed by atoms with Crippen LogP contribution >= 0.6 is 0 Å². The van der Waals surface area contributed by atoms with Crippen molar-refractivity contribution in [2.45, 2.75) is 57.8 Å². The fourth-order valence-electron chi connectivity index (χ4n) is 8.76. The maximum absolute atomic E-state index is 10.5. The summed E-state index contributed by atoms with van der Waals surface area (Å²) in [6, 6.07) is 28.6. The molecule has 0 N–H and O–H groups in total. The molecule has 2 aromatic heterocycles. The molecule has 242 valence electrons. The summed E-state index contributed by atoms with van der Waals surface area (Å²) < 4.78 is 4.87. The van der Waals surface area contributed by atoms with Gasteiger partial charge < -0.3 is 9.13 Å². The lowest BCUT2D eigenvalue weighted by Gasteiger charge is -2.24. The van der Waals surface area contributed by atoms with E-state index in [-0.39, 0.29) is 5.92 Å². The Morgan fingerprint density at radius 3 is 2.36 bits per heavy atom. The van der Waals surface area contributed by atoms with Gasteiger partial charge in [-0.3, -0.25) is 0 Å². The molecule has 9 rings (SSSR count). The van der Waals surface area contributed by atoms with Crippen LogP contribution in [0.15, 0.2) is 103 Å². The molecule has 0 spiro atoms. The van der Waals surface area contributed by atoms with E-state index < -0.39 is 0 Å². The van der Waals surface area contributed by atoms with Crippen LogP contribution in [0.1, 0.15) is 89.0 Å². The number of allylic oxidation sites excluding steroid dienone is 7. The van der Waals surface area contributed by atoms with Crippen molar-refractivity contribution in [2.24, 2.45) is 5.92 Å². The van der Waals surface area contributed by atoms with E-state index in [9.17, 15) is 10.5 Å². The van der Waals surface area contributed by atoms with Gasteiger partial charge in [0.1, 0.15) is 6.07 Å². The third kappa shape index (κ3) is 4.87. The van der Waals surface area contributed by atoms with Crippen LogP contribution in [0.4, 0.5) is 0 Å². The maximum atomic E-state index is 10.5. The van der Waals surface area contributed by atoms with E-state index in [2.05, 4.69) is 125 Å². The zero-order valence-corrected chi connectivity index (χ0v) is 28.4. The minimum absolute atomic E-state index is 0.107. The second-order valence-electron chi connectivity index (χ2n) is 14.2. The van der Waals surface area contributed by atoms with E-state index in [1.807, 2.05) is 18.2 Å². The van der Waals surface area contributed by atoms with Gasteiger partial charge in [-0.25, -0.2) is 0 Å². The summed E-state index contributed by atoms with van der Waals surface area (Å²) in [5.41, 5.74) is 16.3. The molecule has 0 radical (unpaired) electrons. The molecule has 2 atom stereocenters. The fourth-order valence-corrected chi connectivity index (χ4v) is 8.76. The molecule has 3 aromatic carbocycles. The number of fused-ring (bicyclic) bond motifs is 6. The molecule has 4 aliphatic rings. The number of aromatic nitrogens is 2. The first-order valence-corrected chi connectivity index (χ1v) is 18.0. The zero-order chi connectivity index (χ0) is 33.8. The highest BCUT2D eigenvalue weighted by Gasteiger charge is 2.27. The lowest BCUT2D eigenvalue weighted by molar-refractivity contribution is 0.577. The normalized spacial score (nSPS) is 19.1. The molecule has 2 unspecified atom stereocenters. The number of hydrogen-bond acceptors (Lipinski definition) is 2. The third-order valence-corrected chi connectivity index (χ3v) is 11.1. The highest BCUT2D eigenvalue weighted by molar-refractivity contribution is 5.95. The molecule has 0 aliphatic heterocycles. The average molecular weight is 647 g/mol. The molecule has 0 amide bonds. The van der Waals surface area contributed by atoms with Crippen LogP contribution in [0.2, 0.25) is 0 Å². The summed E-state index contributed by atoms with van der Waals surface area (Å²) in [7, 11) is 0. The topological polar surface area (TPSA) is 57.4 Å². The van der Waals surface area contributed by atoms with Crippen LogP contribution in [-0.2, 0) is 19.3 Å². The summed E-state index contributed by atoms with van der Waals surface area (Å²) in [6.07, 6.45) is 25.0. The first-order chi connectivity index (χ1) is 24.6. The molecular formula is C46H38N4. The minimum atomic E-state index is 0.107. The van der Waals surface area contributed by atoms with Gasteiger partial charge in [-0.05, 0) is 97.9 Å². The number of rotatable bonds is 4. The fraction of sp³-hybridized carbons (Fsp3) is 0.217. The maximum Gasteiger partial charge on any atom is 0.101 e. The minimum Gasteiger partial charge on any atom is -0.317 e. The Morgan fingerprint density at radius 2 is 1.50 bits per heavy atom. The molecular weight excluding hydrogens is 609 g/mol. The molecule has 4 heteroatoms. The smallest absolute Gasteiger partial charge is 0.101 e. The van der Waals surface area contributed by atoms with Gasteiger partial charge in [0.2, 0.25) is 0 Å². The molecule has 0 saturated heterocycles. The standard InChI is InChI=1S/C46H38N4/c1-30-9-6-16-39-38-13-2-4-17-42(38)49(45(39)25-30)36-22-20-32(21-23-36)33-10-7-11-34(27-33)37-15-8-12-35(29-48)46(37)50-43-18-5-3-14-40(43)41-26-31(28-47)19-24-44(41)50/h2-3,5-8,10,12-16,18,20-23,26-27,30,34H,4,9,11,17,19,24-25H2,1H3. The largest absolute Gasteiger partial charge is 0.317 e. The van der Waals surface area contributed by atoms with Crippen LogP contribution < -0.4 is 0 Å². The van der Waals surface area contributed by atoms with Crippen molar-refractivity contribution in [1.82, 2.24) is 9.13 Å². The number of benzene rings is 3. The number of para-hydroxylation sites is 2. The summed E-state index contributed by atoms with van der Waals surface area (Å²) in [4.78, 5) is 0. The Balaban J connectivity index is 1.12. The highest BCUT2D eigenvalue weighted by Crippen LogP contribution is 2.42. The first-order valence-electron chi connectivity index (χ1n) is 18.0. The Kier molecular flexibility index (Phi) is 7.40. The van der Waals surface area contributed by atoms with Crippen molar-refractivity contribution in [3.05, 3.63) is 153 Å². The van der Waals surface area contributed by atoms with Crippen LogP contribution in [0, 0.1) is 28.6 Å². The van der Waals surface area contributed by atoms with E-state index >= 15 is 0 Å². The molecule has 2 heterocycles. The number of nitriles is 2. The summed E-state index contributed by atoms with van der Waals surface area (Å²) in [5, 5.41) is 21.3. The van der Waals surface area contributed by atoms with Crippen molar-refractivity contribution in [3.63, 3.8) is 0 Å². The zero-order valence-electron chi connectivity index (χ0n) is 28.4. The second-order valence-corrected chi connectivity index (χ2v) is 14.2. The van der Waals surface area contributed by atoms with Crippen LogP contribution in [-0.4, -0.2) is 9.13 Å². The van der Waals surface area contributed by atoms with E-state index in [4.69, 9.17) is 0 Å². The predicted molar refractivity (Wildman–Crippen MR) is 204 cm³/mol. The van der Waals surface area contributed by atoms with Gasteiger partial charge in [-0.1, -0.05) is 91.9 Å². The van der Waals surface area contributed by atoms with Gasteiger partial charge in [0.25, 0.3) is 0 Å². The Bertz CT molecular complexity index is 2440. The van der Waals surface area contributed by atoms with E-state index in [0.29, 0.717) is 17.9 Å². The predicted octanol–water partition coefficient (Wildman–Crippen LogP) is 10.8. The summed E-state index contributed by atoms with van der Waals surface area (Å²) >= 11 is 0. The van der Waals surface area contributed by atoms with Crippen molar-refractivity contribution in [1.29, 1.82) is 10.5 Å². The van der Waals surface area contributed by atoms with Gasteiger partial charge in [-0.2, -0.15) is 10.5 Å². The third-order valence-electron chi connectivity index (χ3n) is 11.1. The number of nitrogens with zero attached hydrogens (tertiary/aromatic N) is 4. The summed E-state index contributed by atoms with van der Waals surface area (Å²) in [6.45, 7) is 2.36. The van der Waals surface area contributed by atoms with Crippen molar-refractivity contribution < 1.29 is 0 Å². The lowest BCUT2D eigenvalue weighted by atomic mass is 9.85. The van der Waals surface area contributed by atoms with E-state index in [0.717, 1.165) is 71.8 Å². The van der Waals surface area contributed by atoms with Gasteiger partial charge in [-0.15, -0.1) is 0 Å². The van der Waals surface area contributed by atoms with Crippen molar-refractivity contribution in [2.75, 3.05) is 0 Å². The molecule has 50 heavy (non-hydrogen) atoms. The van der Waals surface area contributed by atoms with Gasteiger partial charge in [0.05, 0.1) is 22.8 Å². The quantitative estimate of drug-likeness (QED) is 0.195. The Labute approximate surface area is 293 Å². The van der Waals surface area contributed by atoms with Gasteiger partial charge in [0, 0.05) is 56.3 Å². The SMILES string of the molecule is CC1CC=Cc2c3c(n(-c4ccc(C5=CC(c6cccc(C#N)c6-n6c7c(c8ccccc86)C=C(C#N)CC7)CC=C5)cc4)c2C1)CCC=C3.